The van der Waals surface area contributed by atoms with Crippen molar-refractivity contribution >= 4 is 66.0 Å². The van der Waals surface area contributed by atoms with E-state index in [4.69, 9.17) is 12.2 Å². The molecule has 10 heteroatoms. The number of nitrogens with zero attached hydrogens (tertiary/aromatic N) is 2. The molecule has 0 bridgehead atoms. The predicted octanol–water partition coefficient (Wildman–Crippen LogP) is 4.76. The van der Waals surface area contributed by atoms with E-state index in [1.165, 1.54) is 0 Å². The standard InChI is InChI=1S/C20H19BrN4O2S3/c1-12-11-13(6-7-14(12)24-30(2,26)27)25-19(16-8-9-17(21)29-16)18(23-20(25)28)15-5-3-4-10-22-15/h3-11,18-19,24H,1-2H3,(H,23,28)/t18-,19-/m1/s1. The van der Waals surface area contributed by atoms with Crippen molar-refractivity contribution in [3.63, 3.8) is 0 Å². The van der Waals surface area contributed by atoms with Crippen molar-refractivity contribution in [3.05, 3.63) is 74.6 Å². The highest BCUT2D eigenvalue weighted by atomic mass is 79.9. The number of rotatable bonds is 5. The van der Waals surface area contributed by atoms with Gasteiger partial charge >= 0.3 is 0 Å². The maximum absolute atomic E-state index is 11.6. The van der Waals surface area contributed by atoms with Crippen molar-refractivity contribution in [2.45, 2.75) is 19.0 Å². The Labute approximate surface area is 193 Å². The molecule has 30 heavy (non-hydrogen) atoms. The van der Waals surface area contributed by atoms with Crippen molar-refractivity contribution < 1.29 is 8.42 Å². The first kappa shape index (κ1) is 21.2. The number of hydrogen-bond donors (Lipinski definition) is 2. The van der Waals surface area contributed by atoms with Crippen molar-refractivity contribution in [1.82, 2.24) is 10.3 Å². The fourth-order valence-electron chi connectivity index (χ4n) is 3.52. The number of thiophene rings is 1. The number of nitrogens with one attached hydrogen (secondary N) is 2. The van der Waals surface area contributed by atoms with E-state index in [-0.39, 0.29) is 12.1 Å². The largest absolute Gasteiger partial charge is 0.351 e. The zero-order valence-electron chi connectivity index (χ0n) is 16.2. The van der Waals surface area contributed by atoms with Gasteiger partial charge in [0.15, 0.2) is 5.11 Å². The van der Waals surface area contributed by atoms with Gasteiger partial charge in [0, 0.05) is 16.8 Å². The van der Waals surface area contributed by atoms with Gasteiger partial charge in [-0.2, -0.15) is 0 Å². The summed E-state index contributed by atoms with van der Waals surface area (Å²) in [5, 5.41) is 4.02. The van der Waals surface area contributed by atoms with Gasteiger partial charge in [-0.05, 0) is 83.1 Å². The van der Waals surface area contributed by atoms with Crippen molar-refractivity contribution in [2.24, 2.45) is 0 Å². The fourth-order valence-corrected chi connectivity index (χ4v) is 6.05. The molecule has 0 aliphatic carbocycles. The van der Waals surface area contributed by atoms with E-state index < -0.39 is 10.0 Å². The van der Waals surface area contributed by atoms with E-state index in [1.807, 2.05) is 43.3 Å². The zero-order valence-corrected chi connectivity index (χ0v) is 20.2. The summed E-state index contributed by atoms with van der Waals surface area (Å²) >= 11 is 10.9. The highest BCUT2D eigenvalue weighted by Gasteiger charge is 2.41. The van der Waals surface area contributed by atoms with Crippen LogP contribution in [0, 0.1) is 6.92 Å². The molecule has 156 valence electrons. The number of thiocarbonyl (C=S) groups is 1. The lowest BCUT2D eigenvalue weighted by molar-refractivity contribution is 0.575. The van der Waals surface area contributed by atoms with Crippen LogP contribution in [0.3, 0.4) is 0 Å². The SMILES string of the molecule is Cc1cc(N2C(=S)N[C@H](c3ccccn3)[C@H]2c2ccc(Br)s2)ccc1NS(C)(=O)=O. The Bertz CT molecular complexity index is 1200. The molecule has 2 atom stereocenters. The lowest BCUT2D eigenvalue weighted by Crippen LogP contribution is -2.29. The van der Waals surface area contributed by atoms with Gasteiger partial charge in [-0.3, -0.25) is 9.71 Å². The Kier molecular flexibility index (Phi) is 5.84. The van der Waals surface area contributed by atoms with Crippen LogP contribution in [0.4, 0.5) is 11.4 Å². The number of aryl methyl sites for hydroxylation is 1. The maximum Gasteiger partial charge on any atom is 0.229 e. The smallest absolute Gasteiger partial charge is 0.229 e. The minimum Gasteiger partial charge on any atom is -0.351 e. The fraction of sp³-hybridized carbons (Fsp3) is 0.200. The van der Waals surface area contributed by atoms with Gasteiger partial charge in [-0.25, -0.2) is 8.42 Å². The zero-order chi connectivity index (χ0) is 21.5. The summed E-state index contributed by atoms with van der Waals surface area (Å²) in [5.74, 6) is 0. The Morgan fingerprint density at radius 1 is 1.23 bits per heavy atom. The Morgan fingerprint density at radius 2 is 2.03 bits per heavy atom. The van der Waals surface area contributed by atoms with Crippen molar-refractivity contribution in [3.8, 4) is 0 Å². The molecule has 1 aromatic carbocycles. The van der Waals surface area contributed by atoms with Gasteiger partial charge < -0.3 is 10.2 Å². The number of hydrogen-bond acceptors (Lipinski definition) is 5. The van der Waals surface area contributed by atoms with Gasteiger partial charge in [0.25, 0.3) is 0 Å². The third-order valence-electron chi connectivity index (χ3n) is 4.77. The van der Waals surface area contributed by atoms with Gasteiger partial charge in [0.1, 0.15) is 0 Å². The summed E-state index contributed by atoms with van der Waals surface area (Å²) in [6, 6.07) is 15.4. The van der Waals surface area contributed by atoms with E-state index in [0.717, 1.165) is 31.9 Å². The number of sulfonamides is 1. The molecule has 1 aliphatic rings. The summed E-state index contributed by atoms with van der Waals surface area (Å²) in [6.07, 6.45) is 2.92. The second kappa shape index (κ2) is 8.26. The van der Waals surface area contributed by atoms with E-state index in [1.54, 1.807) is 23.6 Å². The number of benzene rings is 1. The predicted molar refractivity (Wildman–Crippen MR) is 130 cm³/mol. The minimum atomic E-state index is -3.35. The first-order valence-electron chi connectivity index (χ1n) is 9.07. The maximum atomic E-state index is 11.6. The van der Waals surface area contributed by atoms with Gasteiger partial charge in [-0.15, -0.1) is 11.3 Å². The molecule has 3 aromatic rings. The first-order valence-corrected chi connectivity index (χ1v) is 13.0. The Hall–Kier alpha value is -2.01. The third kappa shape index (κ3) is 4.36. The summed E-state index contributed by atoms with van der Waals surface area (Å²) < 4.78 is 26.8. The van der Waals surface area contributed by atoms with Crippen LogP contribution in [0.1, 0.15) is 28.2 Å². The molecule has 2 aromatic heterocycles. The van der Waals surface area contributed by atoms with Crippen LogP contribution in [-0.4, -0.2) is 24.8 Å². The molecule has 0 amide bonds. The highest BCUT2D eigenvalue weighted by molar-refractivity contribution is 9.11. The summed E-state index contributed by atoms with van der Waals surface area (Å²) in [7, 11) is -3.35. The molecule has 0 saturated carbocycles. The molecular weight excluding hydrogens is 504 g/mol. The van der Waals surface area contributed by atoms with E-state index in [9.17, 15) is 8.42 Å². The van der Waals surface area contributed by atoms with Crippen LogP contribution in [0.5, 0.6) is 0 Å². The topological polar surface area (TPSA) is 74.3 Å². The Balaban J connectivity index is 1.77. The quantitative estimate of drug-likeness (QED) is 0.470. The molecule has 0 radical (unpaired) electrons. The van der Waals surface area contributed by atoms with Crippen molar-refractivity contribution in [1.29, 1.82) is 0 Å². The Morgan fingerprint density at radius 3 is 2.63 bits per heavy atom. The van der Waals surface area contributed by atoms with Gasteiger partial charge in [0.05, 0.1) is 33.5 Å². The monoisotopic (exact) mass is 522 g/mol. The second-order valence-electron chi connectivity index (χ2n) is 7.01. The second-order valence-corrected chi connectivity index (χ2v) is 11.6. The van der Waals surface area contributed by atoms with Gasteiger partial charge in [-0.1, -0.05) is 6.07 Å². The summed E-state index contributed by atoms with van der Waals surface area (Å²) in [6.45, 7) is 1.87. The number of pyridine rings is 1. The van der Waals surface area contributed by atoms with Crippen LogP contribution in [0.2, 0.25) is 0 Å². The average molecular weight is 524 g/mol. The molecule has 4 rings (SSSR count). The van der Waals surface area contributed by atoms with Crippen LogP contribution < -0.4 is 14.9 Å². The van der Waals surface area contributed by atoms with E-state index in [0.29, 0.717) is 10.8 Å². The molecule has 1 aliphatic heterocycles. The molecule has 3 heterocycles. The highest BCUT2D eigenvalue weighted by Crippen LogP contribution is 2.44. The molecule has 6 nitrogen and oxygen atoms in total. The lowest BCUT2D eigenvalue weighted by atomic mass is 10.0. The van der Waals surface area contributed by atoms with Crippen LogP contribution in [-0.2, 0) is 10.0 Å². The number of anilines is 2. The summed E-state index contributed by atoms with van der Waals surface area (Å²) in [4.78, 5) is 7.76. The minimum absolute atomic E-state index is 0.0863. The third-order valence-corrected chi connectivity index (χ3v) is 7.37. The first-order chi connectivity index (χ1) is 14.2. The van der Waals surface area contributed by atoms with Gasteiger partial charge in [0.2, 0.25) is 10.0 Å². The van der Waals surface area contributed by atoms with Crippen molar-refractivity contribution in [2.75, 3.05) is 15.9 Å². The summed E-state index contributed by atoms with van der Waals surface area (Å²) in [5.41, 5.74) is 3.16. The van der Waals surface area contributed by atoms with Crippen LogP contribution in [0.15, 0.2) is 58.5 Å². The van der Waals surface area contributed by atoms with E-state index in [2.05, 4.69) is 41.9 Å². The van der Waals surface area contributed by atoms with Crippen LogP contribution in [0.25, 0.3) is 0 Å². The normalized spacial score (nSPS) is 19.0. The van der Waals surface area contributed by atoms with Crippen LogP contribution >= 0.6 is 39.5 Å². The molecule has 1 fully saturated rings. The lowest BCUT2D eigenvalue weighted by Gasteiger charge is -2.27. The number of aromatic nitrogens is 1. The average Bonchev–Trinajstić information content (AvgIpc) is 3.26. The number of halogens is 1. The molecule has 0 spiro atoms. The molecule has 2 N–H and O–H groups in total. The molecule has 0 unspecified atom stereocenters. The molecular formula is C20H19BrN4O2S3. The van der Waals surface area contributed by atoms with E-state index >= 15 is 0 Å². The molecule has 1 saturated heterocycles.